The molecule has 0 bridgehead atoms. The van der Waals surface area contributed by atoms with Crippen molar-refractivity contribution in [1.29, 1.82) is 0 Å². The number of aryl methyl sites for hydroxylation is 1. The lowest BCUT2D eigenvalue weighted by atomic mass is 10.1. The minimum atomic E-state index is -0.521. The molecule has 4 rings (SSSR count). The molecule has 1 aromatic carbocycles. The average molecular weight is 397 g/mol. The number of benzene rings is 1. The fourth-order valence-corrected chi connectivity index (χ4v) is 3.79. The quantitative estimate of drug-likeness (QED) is 0.629. The second-order valence-electron chi connectivity index (χ2n) is 6.70. The van der Waals surface area contributed by atoms with Gasteiger partial charge in [-0.05, 0) is 32.3 Å². The summed E-state index contributed by atoms with van der Waals surface area (Å²) in [5, 5.41) is 7.31. The van der Waals surface area contributed by atoms with Gasteiger partial charge in [-0.1, -0.05) is 35.5 Å². The lowest BCUT2D eigenvalue weighted by molar-refractivity contribution is -0.117. The molecule has 2 aromatic heterocycles. The third kappa shape index (κ3) is 3.82. The summed E-state index contributed by atoms with van der Waals surface area (Å²) in [4.78, 5) is 30.0. The Labute approximate surface area is 165 Å². The Hall–Kier alpha value is -3.00. The molecular formula is C20H19N3O4S. The summed E-state index contributed by atoms with van der Waals surface area (Å²) in [7, 11) is 0. The molecule has 2 heterocycles. The second-order valence-corrected chi connectivity index (χ2v) is 7.93. The molecule has 1 saturated carbocycles. The first-order valence-electron chi connectivity index (χ1n) is 8.99. The van der Waals surface area contributed by atoms with Crippen LogP contribution in [0.5, 0.6) is 0 Å². The maximum Gasteiger partial charge on any atom is 0.341 e. The highest BCUT2D eigenvalue weighted by atomic mass is 32.1. The van der Waals surface area contributed by atoms with Gasteiger partial charge in [-0.3, -0.25) is 4.79 Å². The molecule has 28 heavy (non-hydrogen) atoms. The van der Waals surface area contributed by atoms with E-state index < -0.39 is 5.97 Å². The number of carbonyl (C=O) groups is 2. The van der Waals surface area contributed by atoms with Crippen molar-refractivity contribution in [2.45, 2.75) is 33.3 Å². The van der Waals surface area contributed by atoms with Gasteiger partial charge in [0.15, 0.2) is 6.61 Å². The fourth-order valence-electron chi connectivity index (χ4n) is 2.74. The number of thiophene rings is 1. The monoisotopic (exact) mass is 397 g/mol. The van der Waals surface area contributed by atoms with Crippen molar-refractivity contribution >= 4 is 28.2 Å². The van der Waals surface area contributed by atoms with Crippen molar-refractivity contribution in [3.8, 4) is 11.4 Å². The molecular weight excluding hydrogens is 378 g/mol. The van der Waals surface area contributed by atoms with Crippen LogP contribution in [0, 0.1) is 19.8 Å². The number of nitrogens with one attached hydrogen (secondary N) is 1. The summed E-state index contributed by atoms with van der Waals surface area (Å²) >= 11 is 1.38. The average Bonchev–Trinajstić information content (AvgIpc) is 3.38. The summed E-state index contributed by atoms with van der Waals surface area (Å²) < 4.78 is 10.5. The van der Waals surface area contributed by atoms with Gasteiger partial charge in [-0.15, -0.1) is 11.3 Å². The van der Waals surface area contributed by atoms with E-state index in [1.54, 1.807) is 0 Å². The largest absolute Gasteiger partial charge is 0.452 e. The molecule has 0 spiro atoms. The van der Waals surface area contributed by atoms with E-state index in [4.69, 9.17) is 9.26 Å². The molecule has 1 amide bonds. The van der Waals surface area contributed by atoms with Crippen LogP contribution in [0.25, 0.3) is 11.4 Å². The van der Waals surface area contributed by atoms with Gasteiger partial charge in [-0.25, -0.2) is 4.79 Å². The van der Waals surface area contributed by atoms with E-state index in [1.165, 1.54) is 11.3 Å². The number of anilines is 1. The second kappa shape index (κ2) is 7.55. The summed E-state index contributed by atoms with van der Waals surface area (Å²) in [6.07, 6.45) is 1.80. The molecule has 1 N–H and O–H groups in total. The van der Waals surface area contributed by atoms with Gasteiger partial charge >= 0.3 is 5.97 Å². The lowest BCUT2D eigenvalue weighted by Gasteiger charge is -2.06. The Kier molecular flexibility index (Phi) is 4.95. The maximum absolute atomic E-state index is 12.7. The van der Waals surface area contributed by atoms with Crippen molar-refractivity contribution < 1.29 is 18.8 Å². The number of carbonyl (C=O) groups excluding carboxylic acids is 2. The zero-order chi connectivity index (χ0) is 19.7. The van der Waals surface area contributed by atoms with Crippen LogP contribution >= 0.6 is 11.3 Å². The number of aromatic nitrogens is 2. The molecule has 8 heteroatoms. The number of nitrogens with zero attached hydrogens (tertiary/aromatic N) is 2. The van der Waals surface area contributed by atoms with E-state index in [-0.39, 0.29) is 24.3 Å². The fraction of sp³-hybridized carbons (Fsp3) is 0.300. The van der Waals surface area contributed by atoms with Crippen LogP contribution in [-0.4, -0.2) is 22.0 Å². The van der Waals surface area contributed by atoms with Gasteiger partial charge in [0.25, 0.3) is 5.89 Å². The first-order valence-corrected chi connectivity index (χ1v) is 9.80. The Morgan fingerprint density at radius 3 is 2.71 bits per heavy atom. The molecule has 0 atom stereocenters. The Morgan fingerprint density at radius 2 is 2.00 bits per heavy atom. The number of esters is 1. The van der Waals surface area contributed by atoms with Crippen molar-refractivity contribution in [2.75, 3.05) is 5.32 Å². The van der Waals surface area contributed by atoms with Gasteiger partial charge in [0.1, 0.15) is 5.00 Å². The highest BCUT2D eigenvalue weighted by Gasteiger charge is 2.31. The van der Waals surface area contributed by atoms with E-state index in [0.717, 1.165) is 28.8 Å². The van der Waals surface area contributed by atoms with Gasteiger partial charge in [0.2, 0.25) is 11.7 Å². The molecule has 0 aliphatic heterocycles. The molecule has 1 aliphatic rings. The topological polar surface area (TPSA) is 94.3 Å². The minimum absolute atomic E-state index is 0.0419. The summed E-state index contributed by atoms with van der Waals surface area (Å²) in [6, 6.07) is 9.39. The third-order valence-corrected chi connectivity index (χ3v) is 5.72. The van der Waals surface area contributed by atoms with Crippen molar-refractivity contribution in [3.63, 3.8) is 0 Å². The molecule has 0 radical (unpaired) electrons. The van der Waals surface area contributed by atoms with Crippen LogP contribution < -0.4 is 5.32 Å². The molecule has 1 aliphatic carbocycles. The molecule has 144 valence electrons. The summed E-state index contributed by atoms with van der Waals surface area (Å²) in [6.45, 7) is 3.62. The van der Waals surface area contributed by atoms with Crippen molar-refractivity contribution in [2.24, 2.45) is 5.92 Å². The first kappa shape index (κ1) is 18.4. The summed E-state index contributed by atoms with van der Waals surface area (Å²) in [5.41, 5.74) is 2.01. The number of amides is 1. The predicted octanol–water partition coefficient (Wildman–Crippen LogP) is 4.12. The molecule has 1 fully saturated rings. The van der Waals surface area contributed by atoms with E-state index in [9.17, 15) is 9.59 Å². The number of hydrogen-bond acceptors (Lipinski definition) is 7. The highest BCUT2D eigenvalue weighted by molar-refractivity contribution is 7.16. The first-order chi connectivity index (χ1) is 13.5. The smallest absolute Gasteiger partial charge is 0.341 e. The van der Waals surface area contributed by atoms with Crippen LogP contribution in [0.2, 0.25) is 0 Å². The van der Waals surface area contributed by atoms with Gasteiger partial charge in [0, 0.05) is 16.4 Å². The third-order valence-electron chi connectivity index (χ3n) is 4.60. The van der Waals surface area contributed by atoms with Crippen LogP contribution in [0.3, 0.4) is 0 Å². The Bertz CT molecular complexity index is 1020. The normalized spacial score (nSPS) is 13.4. The highest BCUT2D eigenvalue weighted by Crippen LogP contribution is 2.36. The Balaban J connectivity index is 1.45. The zero-order valence-electron chi connectivity index (χ0n) is 15.5. The molecule has 7 nitrogen and oxygen atoms in total. The Morgan fingerprint density at radius 1 is 1.25 bits per heavy atom. The molecule has 0 unspecified atom stereocenters. The van der Waals surface area contributed by atoms with Crippen LogP contribution in [0.1, 0.15) is 39.5 Å². The molecule has 3 aromatic rings. The van der Waals surface area contributed by atoms with Crippen LogP contribution in [0.4, 0.5) is 5.00 Å². The van der Waals surface area contributed by atoms with E-state index in [1.807, 2.05) is 44.2 Å². The maximum atomic E-state index is 12.7. The number of rotatable bonds is 6. The van der Waals surface area contributed by atoms with Gasteiger partial charge in [0.05, 0.1) is 5.56 Å². The molecule has 0 saturated heterocycles. The van der Waals surface area contributed by atoms with Crippen molar-refractivity contribution in [1.82, 2.24) is 10.1 Å². The zero-order valence-corrected chi connectivity index (χ0v) is 16.3. The van der Waals surface area contributed by atoms with Gasteiger partial charge < -0.3 is 14.6 Å². The minimum Gasteiger partial charge on any atom is -0.452 e. The van der Waals surface area contributed by atoms with Crippen LogP contribution in [0.15, 0.2) is 34.9 Å². The standard InChI is InChI=1S/C20H19N3O4S/c1-11-12(2)28-19(22-18(24)14-8-9-14)16(11)20(25)26-10-15-21-17(23-27-15)13-6-4-3-5-7-13/h3-7,14H,8-10H2,1-2H3,(H,22,24). The lowest BCUT2D eigenvalue weighted by Crippen LogP contribution is -2.16. The van der Waals surface area contributed by atoms with Crippen LogP contribution in [-0.2, 0) is 16.1 Å². The van der Waals surface area contributed by atoms with E-state index in [2.05, 4.69) is 15.5 Å². The number of hydrogen-bond donors (Lipinski definition) is 1. The number of ether oxygens (including phenoxy) is 1. The predicted molar refractivity (Wildman–Crippen MR) is 104 cm³/mol. The summed E-state index contributed by atoms with van der Waals surface area (Å²) in [5.74, 6) is 0.139. The van der Waals surface area contributed by atoms with Gasteiger partial charge in [-0.2, -0.15) is 4.98 Å². The van der Waals surface area contributed by atoms with E-state index in [0.29, 0.717) is 16.4 Å². The van der Waals surface area contributed by atoms with Crippen molar-refractivity contribution in [3.05, 3.63) is 52.2 Å². The van der Waals surface area contributed by atoms with E-state index >= 15 is 0 Å². The SMILES string of the molecule is Cc1sc(NC(=O)C2CC2)c(C(=O)OCc2nc(-c3ccccc3)no2)c1C.